The molecule has 1 aliphatic rings. The maximum atomic E-state index is 12.2. The third-order valence-corrected chi connectivity index (χ3v) is 2.50. The molecule has 0 spiro atoms. The first kappa shape index (κ1) is 10.5. The Balaban J connectivity index is 2.00. The normalized spacial score (nSPS) is 22.2. The highest BCUT2D eigenvalue weighted by molar-refractivity contribution is 5.03. The largest absolute Gasteiger partial charge is 0.435 e. The van der Waals surface area contributed by atoms with Crippen LogP contribution >= 0.6 is 0 Å². The average molecular weight is 219 g/mol. The molecule has 1 aliphatic heterocycles. The molecule has 0 radical (unpaired) electrons. The van der Waals surface area contributed by atoms with Crippen molar-refractivity contribution in [2.45, 2.75) is 31.6 Å². The maximum absolute atomic E-state index is 12.2. The van der Waals surface area contributed by atoms with Crippen LogP contribution in [0.25, 0.3) is 0 Å². The standard InChI is InChI=1S/C9H12F3N3/c10-9(11,12)8-3-5-15(14-8)6-7-2-1-4-13-7/h3,5,7,13H,1-2,4,6H2/t7-/m1/s1. The Labute approximate surface area is 85.3 Å². The Morgan fingerprint density at radius 3 is 2.87 bits per heavy atom. The Morgan fingerprint density at radius 1 is 1.53 bits per heavy atom. The van der Waals surface area contributed by atoms with Gasteiger partial charge in [0.25, 0.3) is 0 Å². The molecule has 0 bridgehead atoms. The minimum atomic E-state index is -4.34. The predicted octanol–water partition coefficient (Wildman–Crippen LogP) is 1.65. The Hall–Kier alpha value is -1.04. The van der Waals surface area contributed by atoms with E-state index in [0.717, 1.165) is 25.5 Å². The number of aromatic nitrogens is 2. The minimum absolute atomic E-state index is 0.256. The van der Waals surface area contributed by atoms with Crippen LogP contribution in [0.3, 0.4) is 0 Å². The summed E-state index contributed by atoms with van der Waals surface area (Å²) in [7, 11) is 0. The smallest absolute Gasteiger partial charge is 0.312 e. The summed E-state index contributed by atoms with van der Waals surface area (Å²) in [4.78, 5) is 0. The molecule has 2 rings (SSSR count). The van der Waals surface area contributed by atoms with Crippen molar-refractivity contribution in [3.05, 3.63) is 18.0 Å². The van der Waals surface area contributed by atoms with Crippen LogP contribution in [-0.4, -0.2) is 22.4 Å². The lowest BCUT2D eigenvalue weighted by Gasteiger charge is -2.09. The second-order valence-corrected chi connectivity index (χ2v) is 3.71. The van der Waals surface area contributed by atoms with Gasteiger partial charge >= 0.3 is 6.18 Å². The summed E-state index contributed by atoms with van der Waals surface area (Å²) >= 11 is 0. The molecule has 0 aromatic carbocycles. The molecule has 1 aromatic rings. The van der Waals surface area contributed by atoms with Crippen LogP contribution in [0, 0.1) is 0 Å². The number of nitrogens with one attached hydrogen (secondary N) is 1. The van der Waals surface area contributed by atoms with Crippen LogP contribution < -0.4 is 5.32 Å². The second kappa shape index (κ2) is 3.84. The fourth-order valence-electron chi connectivity index (χ4n) is 1.75. The first-order valence-electron chi connectivity index (χ1n) is 4.90. The molecule has 0 aliphatic carbocycles. The van der Waals surface area contributed by atoms with E-state index in [-0.39, 0.29) is 6.04 Å². The van der Waals surface area contributed by atoms with Crippen molar-refractivity contribution in [2.24, 2.45) is 0 Å². The van der Waals surface area contributed by atoms with Gasteiger partial charge in [0.1, 0.15) is 0 Å². The highest BCUT2D eigenvalue weighted by atomic mass is 19.4. The molecule has 0 saturated carbocycles. The summed E-state index contributed by atoms with van der Waals surface area (Å²) in [5, 5.41) is 6.71. The lowest BCUT2D eigenvalue weighted by Crippen LogP contribution is -2.27. The van der Waals surface area contributed by atoms with E-state index in [9.17, 15) is 13.2 Å². The van der Waals surface area contributed by atoms with Gasteiger partial charge in [-0.05, 0) is 25.5 Å². The van der Waals surface area contributed by atoms with Crippen molar-refractivity contribution in [3.63, 3.8) is 0 Å². The number of alkyl halides is 3. The number of halogens is 3. The molecular weight excluding hydrogens is 207 g/mol. The molecular formula is C9H12F3N3. The van der Waals surface area contributed by atoms with Gasteiger partial charge in [0.15, 0.2) is 5.69 Å². The summed E-state index contributed by atoms with van der Waals surface area (Å²) in [6.07, 6.45) is -0.879. The summed E-state index contributed by atoms with van der Waals surface area (Å²) in [5.74, 6) is 0. The van der Waals surface area contributed by atoms with E-state index in [0.29, 0.717) is 6.54 Å². The van der Waals surface area contributed by atoms with Gasteiger partial charge < -0.3 is 5.32 Å². The van der Waals surface area contributed by atoms with E-state index < -0.39 is 11.9 Å². The molecule has 1 saturated heterocycles. The number of hydrogen-bond acceptors (Lipinski definition) is 2. The molecule has 1 fully saturated rings. The topological polar surface area (TPSA) is 29.9 Å². The van der Waals surface area contributed by atoms with E-state index in [2.05, 4.69) is 10.4 Å². The Morgan fingerprint density at radius 2 is 2.33 bits per heavy atom. The number of nitrogens with zero attached hydrogens (tertiary/aromatic N) is 2. The van der Waals surface area contributed by atoms with Crippen LogP contribution in [0.1, 0.15) is 18.5 Å². The zero-order valence-electron chi connectivity index (χ0n) is 8.09. The molecule has 15 heavy (non-hydrogen) atoms. The zero-order chi connectivity index (χ0) is 10.9. The zero-order valence-corrected chi connectivity index (χ0v) is 8.09. The number of rotatable bonds is 2. The Bertz CT molecular complexity index is 326. The maximum Gasteiger partial charge on any atom is 0.435 e. The van der Waals surface area contributed by atoms with Gasteiger partial charge in [-0.3, -0.25) is 4.68 Å². The van der Waals surface area contributed by atoms with E-state index in [1.807, 2.05) is 0 Å². The van der Waals surface area contributed by atoms with Crippen molar-refractivity contribution < 1.29 is 13.2 Å². The molecule has 0 amide bonds. The lowest BCUT2D eigenvalue weighted by atomic mass is 10.2. The molecule has 1 atom stereocenters. The molecule has 6 heteroatoms. The molecule has 84 valence electrons. The highest BCUT2D eigenvalue weighted by Crippen LogP contribution is 2.27. The van der Waals surface area contributed by atoms with Crippen LogP contribution in [0.4, 0.5) is 13.2 Å². The summed E-state index contributed by atoms with van der Waals surface area (Å²) in [5.41, 5.74) is -0.819. The number of hydrogen-bond donors (Lipinski definition) is 1. The van der Waals surface area contributed by atoms with Crippen molar-refractivity contribution in [1.82, 2.24) is 15.1 Å². The second-order valence-electron chi connectivity index (χ2n) is 3.71. The molecule has 3 nitrogen and oxygen atoms in total. The molecule has 2 heterocycles. The highest BCUT2D eigenvalue weighted by Gasteiger charge is 2.33. The van der Waals surface area contributed by atoms with Gasteiger partial charge in [-0.15, -0.1) is 0 Å². The van der Waals surface area contributed by atoms with Gasteiger partial charge in [0, 0.05) is 12.2 Å². The molecule has 0 unspecified atom stereocenters. The summed E-state index contributed by atoms with van der Waals surface area (Å²) < 4.78 is 38.0. The third-order valence-electron chi connectivity index (χ3n) is 2.50. The first-order chi connectivity index (χ1) is 7.05. The summed E-state index contributed by atoms with van der Waals surface area (Å²) in [6.45, 7) is 1.45. The predicted molar refractivity (Wildman–Crippen MR) is 48.3 cm³/mol. The molecule has 1 aromatic heterocycles. The lowest BCUT2D eigenvalue weighted by molar-refractivity contribution is -0.141. The molecule has 1 N–H and O–H groups in total. The monoisotopic (exact) mass is 219 g/mol. The third kappa shape index (κ3) is 2.50. The van der Waals surface area contributed by atoms with Gasteiger partial charge in [-0.1, -0.05) is 0 Å². The average Bonchev–Trinajstić information content (AvgIpc) is 2.73. The minimum Gasteiger partial charge on any atom is -0.312 e. The van der Waals surface area contributed by atoms with Gasteiger partial charge in [-0.2, -0.15) is 18.3 Å². The van der Waals surface area contributed by atoms with Crippen molar-refractivity contribution in [1.29, 1.82) is 0 Å². The fraction of sp³-hybridized carbons (Fsp3) is 0.667. The van der Waals surface area contributed by atoms with Crippen molar-refractivity contribution in [2.75, 3.05) is 6.54 Å². The van der Waals surface area contributed by atoms with Crippen LogP contribution in [0.15, 0.2) is 12.3 Å². The van der Waals surface area contributed by atoms with E-state index >= 15 is 0 Å². The van der Waals surface area contributed by atoms with Crippen LogP contribution in [0.2, 0.25) is 0 Å². The van der Waals surface area contributed by atoms with Crippen LogP contribution in [-0.2, 0) is 12.7 Å². The Kier molecular flexibility index (Phi) is 2.68. The SMILES string of the molecule is FC(F)(F)c1ccn(C[C@H]2CCCN2)n1. The van der Waals surface area contributed by atoms with E-state index in [1.165, 1.54) is 10.9 Å². The van der Waals surface area contributed by atoms with Crippen LogP contribution in [0.5, 0.6) is 0 Å². The quantitative estimate of drug-likeness (QED) is 0.819. The van der Waals surface area contributed by atoms with E-state index in [1.54, 1.807) is 0 Å². The fourth-order valence-corrected chi connectivity index (χ4v) is 1.75. The van der Waals surface area contributed by atoms with Crippen molar-refractivity contribution >= 4 is 0 Å². The van der Waals surface area contributed by atoms with E-state index in [4.69, 9.17) is 0 Å². The van der Waals surface area contributed by atoms with Gasteiger partial charge in [0.2, 0.25) is 0 Å². The van der Waals surface area contributed by atoms with Crippen molar-refractivity contribution in [3.8, 4) is 0 Å². The first-order valence-corrected chi connectivity index (χ1v) is 4.90. The summed E-state index contributed by atoms with van der Waals surface area (Å²) in [6, 6.07) is 1.26. The van der Waals surface area contributed by atoms with Gasteiger partial charge in [0.05, 0.1) is 6.54 Å². The van der Waals surface area contributed by atoms with Gasteiger partial charge in [-0.25, -0.2) is 0 Å².